The third-order valence-electron chi connectivity index (χ3n) is 2.51. The van der Waals surface area contributed by atoms with Crippen molar-refractivity contribution >= 4 is 28.8 Å². The summed E-state index contributed by atoms with van der Waals surface area (Å²) in [6.07, 6.45) is 1.28. The number of halogens is 1. The summed E-state index contributed by atoms with van der Waals surface area (Å²) in [5.74, 6) is -1.05. The van der Waals surface area contributed by atoms with Crippen molar-refractivity contribution in [1.29, 1.82) is 0 Å². The summed E-state index contributed by atoms with van der Waals surface area (Å²) in [6, 6.07) is 6.56. The first-order chi connectivity index (χ1) is 10.0. The van der Waals surface area contributed by atoms with Crippen LogP contribution in [0.3, 0.4) is 0 Å². The van der Waals surface area contributed by atoms with Crippen LogP contribution in [0.2, 0.25) is 0 Å². The molecule has 5 nitrogen and oxygen atoms in total. The van der Waals surface area contributed by atoms with Crippen LogP contribution >= 0.6 is 11.6 Å². The Labute approximate surface area is 127 Å². The van der Waals surface area contributed by atoms with E-state index in [0.717, 1.165) is 0 Å². The molecule has 0 aliphatic carbocycles. The molecule has 0 amide bonds. The summed E-state index contributed by atoms with van der Waals surface area (Å²) in [5, 5.41) is -0.616. The summed E-state index contributed by atoms with van der Waals surface area (Å²) in [4.78, 5) is 33.9. The van der Waals surface area contributed by atoms with E-state index in [0.29, 0.717) is 5.56 Å². The Hall–Kier alpha value is -2.14. The lowest BCUT2D eigenvalue weighted by Gasteiger charge is -2.07. The molecule has 0 radical (unpaired) electrons. The molecular weight excluding hydrogens is 296 g/mol. The predicted molar refractivity (Wildman–Crippen MR) is 76.8 cm³/mol. The van der Waals surface area contributed by atoms with E-state index >= 15 is 0 Å². The van der Waals surface area contributed by atoms with Gasteiger partial charge in [-0.25, -0.2) is 0 Å². The molecule has 0 fully saturated rings. The van der Waals surface area contributed by atoms with Gasteiger partial charge in [-0.2, -0.15) is 0 Å². The number of carbonyl (C=O) groups excluding carboxylic acids is 3. The highest BCUT2D eigenvalue weighted by molar-refractivity contribution is 6.67. The fourth-order valence-electron chi connectivity index (χ4n) is 1.50. The van der Waals surface area contributed by atoms with E-state index in [4.69, 9.17) is 21.1 Å². The van der Waals surface area contributed by atoms with Gasteiger partial charge >= 0.3 is 11.9 Å². The van der Waals surface area contributed by atoms with Crippen LogP contribution in [0.4, 0.5) is 0 Å². The van der Waals surface area contributed by atoms with Gasteiger partial charge in [0.25, 0.3) is 5.24 Å². The van der Waals surface area contributed by atoms with Crippen molar-refractivity contribution in [3.8, 4) is 0 Å². The largest absolute Gasteiger partial charge is 0.461 e. The Morgan fingerprint density at radius 1 is 1.10 bits per heavy atom. The van der Waals surface area contributed by atoms with Crippen molar-refractivity contribution in [1.82, 2.24) is 0 Å². The smallest absolute Gasteiger partial charge is 0.306 e. The van der Waals surface area contributed by atoms with Crippen LogP contribution in [0.1, 0.15) is 28.8 Å². The van der Waals surface area contributed by atoms with Crippen molar-refractivity contribution in [2.45, 2.75) is 19.4 Å². The van der Waals surface area contributed by atoms with E-state index in [1.807, 2.05) is 0 Å². The predicted octanol–water partition coefficient (Wildman–Crippen LogP) is 2.62. The highest BCUT2D eigenvalue weighted by Gasteiger charge is 2.12. The first-order valence-corrected chi connectivity index (χ1v) is 6.62. The molecule has 0 atom stereocenters. The first kappa shape index (κ1) is 16.9. The molecule has 0 N–H and O–H groups in total. The van der Waals surface area contributed by atoms with Gasteiger partial charge in [0.1, 0.15) is 13.2 Å². The number of hydrogen-bond donors (Lipinski definition) is 0. The molecule has 0 aromatic heterocycles. The number of ether oxygens (including phenoxy) is 2. The van der Waals surface area contributed by atoms with Crippen LogP contribution in [-0.4, -0.2) is 23.8 Å². The Bertz CT molecular complexity index is 539. The Balaban J connectivity index is 2.41. The highest BCUT2D eigenvalue weighted by atomic mass is 35.5. The van der Waals surface area contributed by atoms with Gasteiger partial charge in [-0.1, -0.05) is 30.9 Å². The molecule has 1 aromatic carbocycles. The van der Waals surface area contributed by atoms with E-state index < -0.39 is 17.2 Å². The van der Waals surface area contributed by atoms with Gasteiger partial charge in [0, 0.05) is 11.1 Å². The number of benzene rings is 1. The van der Waals surface area contributed by atoms with Crippen LogP contribution in [0, 0.1) is 0 Å². The second-order valence-electron chi connectivity index (χ2n) is 4.06. The number of esters is 2. The molecule has 21 heavy (non-hydrogen) atoms. The van der Waals surface area contributed by atoms with Gasteiger partial charge in [0.05, 0.1) is 12.8 Å². The Morgan fingerprint density at radius 2 is 1.71 bits per heavy atom. The summed E-state index contributed by atoms with van der Waals surface area (Å²) in [6.45, 7) is 3.44. The van der Waals surface area contributed by atoms with Crippen LogP contribution in [0.25, 0.3) is 0 Å². The van der Waals surface area contributed by atoms with Gasteiger partial charge in [-0.05, 0) is 17.7 Å². The van der Waals surface area contributed by atoms with Crippen molar-refractivity contribution in [3.63, 3.8) is 0 Å². The zero-order chi connectivity index (χ0) is 15.7. The molecule has 1 rings (SSSR count). The first-order valence-electron chi connectivity index (χ1n) is 6.24. The average Bonchev–Trinajstić information content (AvgIpc) is 2.48. The molecule has 112 valence electrons. The molecule has 0 heterocycles. The molecule has 0 bridgehead atoms. The van der Waals surface area contributed by atoms with Gasteiger partial charge in [-0.15, -0.1) is 0 Å². The quantitative estimate of drug-likeness (QED) is 0.419. The Morgan fingerprint density at radius 3 is 2.33 bits per heavy atom. The maximum Gasteiger partial charge on any atom is 0.306 e. The molecule has 0 unspecified atom stereocenters. The third-order valence-corrected chi connectivity index (χ3v) is 2.72. The van der Waals surface area contributed by atoms with Crippen molar-refractivity contribution < 1.29 is 23.9 Å². The molecule has 0 saturated heterocycles. The third kappa shape index (κ3) is 6.23. The van der Waals surface area contributed by atoms with E-state index in [-0.39, 0.29) is 31.6 Å². The molecule has 6 heteroatoms. The number of hydrogen-bond acceptors (Lipinski definition) is 5. The van der Waals surface area contributed by atoms with Crippen LogP contribution in [0.5, 0.6) is 0 Å². The maximum absolute atomic E-state index is 11.5. The highest BCUT2D eigenvalue weighted by Crippen LogP contribution is 2.13. The minimum absolute atomic E-state index is 0.0667. The van der Waals surface area contributed by atoms with E-state index in [1.54, 1.807) is 24.3 Å². The molecule has 0 aliphatic rings. The topological polar surface area (TPSA) is 69.7 Å². The number of carbonyl (C=O) groups is 3. The van der Waals surface area contributed by atoms with Gasteiger partial charge in [0.15, 0.2) is 0 Å². The zero-order valence-electron chi connectivity index (χ0n) is 11.3. The van der Waals surface area contributed by atoms with Gasteiger partial charge < -0.3 is 9.47 Å². The number of rotatable bonds is 8. The second kappa shape index (κ2) is 8.92. The van der Waals surface area contributed by atoms with E-state index in [9.17, 15) is 14.4 Å². The summed E-state index contributed by atoms with van der Waals surface area (Å²) in [7, 11) is 0. The normalized spacial score (nSPS) is 9.76. The molecule has 1 aromatic rings. The van der Waals surface area contributed by atoms with Gasteiger partial charge in [-0.3, -0.25) is 14.4 Å². The van der Waals surface area contributed by atoms with Crippen molar-refractivity contribution in [2.75, 3.05) is 6.61 Å². The van der Waals surface area contributed by atoms with Crippen LogP contribution < -0.4 is 0 Å². The lowest BCUT2D eigenvalue weighted by atomic mass is 10.1. The van der Waals surface area contributed by atoms with Crippen molar-refractivity contribution in [2.24, 2.45) is 0 Å². The van der Waals surface area contributed by atoms with Crippen molar-refractivity contribution in [3.05, 3.63) is 48.0 Å². The monoisotopic (exact) mass is 310 g/mol. The maximum atomic E-state index is 11.5. The minimum atomic E-state index is -0.616. The molecule has 0 spiro atoms. The van der Waals surface area contributed by atoms with E-state index in [1.165, 1.54) is 6.08 Å². The van der Waals surface area contributed by atoms with Gasteiger partial charge in [0.2, 0.25) is 0 Å². The molecule has 0 saturated carbocycles. The molecular formula is C15H15ClO5. The Kier molecular flexibility index (Phi) is 7.18. The SMILES string of the molecule is C=CCOC(=O)CCC(=O)OCc1ccccc1C(=O)Cl. The molecule has 0 aliphatic heterocycles. The van der Waals surface area contributed by atoms with Crippen LogP contribution in [-0.2, 0) is 25.7 Å². The summed E-state index contributed by atoms with van der Waals surface area (Å²) >= 11 is 5.43. The standard InChI is InChI=1S/C15H15ClO5/c1-2-9-20-13(17)7-8-14(18)21-10-11-5-3-4-6-12(11)15(16)19/h2-6H,1,7-10H2. The lowest BCUT2D eigenvalue weighted by Crippen LogP contribution is -2.11. The van der Waals surface area contributed by atoms with Crippen LogP contribution in [0.15, 0.2) is 36.9 Å². The average molecular weight is 311 g/mol. The fourth-order valence-corrected chi connectivity index (χ4v) is 1.68. The lowest BCUT2D eigenvalue weighted by molar-refractivity contribution is -0.150. The fraction of sp³-hybridized carbons (Fsp3) is 0.267. The van der Waals surface area contributed by atoms with E-state index in [2.05, 4.69) is 6.58 Å². The second-order valence-corrected chi connectivity index (χ2v) is 4.41. The minimum Gasteiger partial charge on any atom is -0.461 e. The summed E-state index contributed by atoms with van der Waals surface area (Å²) < 4.78 is 9.72. The summed E-state index contributed by atoms with van der Waals surface area (Å²) in [5.41, 5.74) is 0.803. The zero-order valence-corrected chi connectivity index (χ0v) is 12.1.